The Bertz CT molecular complexity index is 1310. The number of halogens is 2. The monoisotopic (exact) mass is 604 g/mol. The molecule has 4 nitrogen and oxygen atoms in total. The molecular formula is C38H50F2N2O2. The summed E-state index contributed by atoms with van der Waals surface area (Å²) in [5.74, 6) is 0.362. The number of rotatable bonds is 11. The molecule has 3 aromatic carbocycles. The number of amides is 1. The molecule has 0 aromatic heterocycles. The van der Waals surface area contributed by atoms with Crippen LogP contribution in [0.4, 0.5) is 8.78 Å². The Morgan fingerprint density at radius 3 is 1.89 bits per heavy atom. The van der Waals surface area contributed by atoms with Gasteiger partial charge in [-0.2, -0.15) is 0 Å². The first-order valence-electron chi connectivity index (χ1n) is 16.1. The standard InChI is InChI=1S/C38H50F2N2O2/c1-37(2,3)33-22-29(23-34(35(33)43)38(4,5)6)36(44)42-21-19-26(25-42)24-41-20-9-7-8-10-32(27-11-15-30(39)16-12-27)28-13-17-31(40)18-14-28/h11-18,22-23,26,32,41,43H,7-10,19-21,24-25H2,1-6H3. The largest absolute Gasteiger partial charge is 0.507 e. The van der Waals surface area contributed by atoms with Crippen molar-refractivity contribution in [2.24, 2.45) is 5.92 Å². The van der Waals surface area contributed by atoms with E-state index in [0.717, 1.165) is 80.5 Å². The third-order valence-electron chi connectivity index (χ3n) is 8.87. The zero-order chi connectivity index (χ0) is 32.1. The first-order chi connectivity index (χ1) is 20.7. The third kappa shape index (κ3) is 8.68. The fourth-order valence-corrected chi connectivity index (χ4v) is 6.27. The molecule has 0 radical (unpaired) electrons. The van der Waals surface area contributed by atoms with Gasteiger partial charge in [0.1, 0.15) is 17.4 Å². The van der Waals surface area contributed by atoms with Gasteiger partial charge in [-0.1, -0.05) is 78.6 Å². The SMILES string of the molecule is CC(C)(C)c1cc(C(=O)N2CCC(CNCCCCCC(c3ccc(F)cc3)c3ccc(F)cc3)C2)cc(C(C)(C)C)c1O. The Balaban J connectivity index is 1.24. The van der Waals surface area contributed by atoms with Crippen LogP contribution in [0.15, 0.2) is 60.7 Å². The molecule has 238 valence electrons. The van der Waals surface area contributed by atoms with Gasteiger partial charge in [0.05, 0.1) is 0 Å². The number of hydrogen-bond donors (Lipinski definition) is 2. The summed E-state index contributed by atoms with van der Waals surface area (Å²) in [6.45, 7) is 15.7. The van der Waals surface area contributed by atoms with Gasteiger partial charge < -0.3 is 15.3 Å². The van der Waals surface area contributed by atoms with Crippen molar-refractivity contribution in [3.8, 4) is 5.75 Å². The summed E-state index contributed by atoms with van der Waals surface area (Å²) in [4.78, 5) is 15.6. The van der Waals surface area contributed by atoms with Gasteiger partial charge in [0.2, 0.25) is 0 Å². The molecule has 4 rings (SSSR count). The van der Waals surface area contributed by atoms with Crippen LogP contribution in [0.25, 0.3) is 0 Å². The number of unbranched alkanes of at least 4 members (excludes halogenated alkanes) is 2. The number of carbonyl (C=O) groups excluding carboxylic acids is 1. The van der Waals surface area contributed by atoms with E-state index in [-0.39, 0.29) is 34.3 Å². The number of nitrogens with zero attached hydrogens (tertiary/aromatic N) is 1. The fourth-order valence-electron chi connectivity index (χ4n) is 6.27. The number of benzene rings is 3. The lowest BCUT2D eigenvalue weighted by atomic mass is 9.78. The molecule has 1 fully saturated rings. The summed E-state index contributed by atoms with van der Waals surface area (Å²) >= 11 is 0. The van der Waals surface area contributed by atoms with E-state index in [4.69, 9.17) is 0 Å². The van der Waals surface area contributed by atoms with Gasteiger partial charge in [0.15, 0.2) is 0 Å². The number of phenols is 1. The number of nitrogens with one attached hydrogen (secondary N) is 1. The quantitative estimate of drug-likeness (QED) is 0.215. The number of carbonyl (C=O) groups is 1. The lowest BCUT2D eigenvalue weighted by Gasteiger charge is -2.28. The van der Waals surface area contributed by atoms with Gasteiger partial charge in [-0.05, 0) is 96.6 Å². The van der Waals surface area contributed by atoms with Crippen molar-refractivity contribution >= 4 is 5.91 Å². The molecule has 1 aliphatic heterocycles. The molecule has 1 saturated heterocycles. The van der Waals surface area contributed by atoms with Crippen LogP contribution in [0.5, 0.6) is 5.75 Å². The summed E-state index contributed by atoms with van der Waals surface area (Å²) in [6, 6.07) is 17.0. The molecule has 1 aliphatic rings. The summed E-state index contributed by atoms with van der Waals surface area (Å²) < 4.78 is 27.0. The van der Waals surface area contributed by atoms with Gasteiger partial charge in [-0.15, -0.1) is 0 Å². The van der Waals surface area contributed by atoms with Gasteiger partial charge >= 0.3 is 0 Å². The van der Waals surface area contributed by atoms with Crippen molar-refractivity contribution in [2.75, 3.05) is 26.2 Å². The topological polar surface area (TPSA) is 52.6 Å². The Morgan fingerprint density at radius 1 is 0.864 bits per heavy atom. The number of hydrogen-bond acceptors (Lipinski definition) is 3. The second-order valence-electron chi connectivity index (χ2n) is 14.5. The Hall–Kier alpha value is -3.25. The zero-order valence-electron chi connectivity index (χ0n) is 27.4. The highest BCUT2D eigenvalue weighted by Crippen LogP contribution is 2.40. The fraction of sp³-hybridized carbons (Fsp3) is 0.500. The van der Waals surface area contributed by atoms with E-state index in [1.807, 2.05) is 41.3 Å². The van der Waals surface area contributed by atoms with Crippen LogP contribution in [0.2, 0.25) is 0 Å². The van der Waals surface area contributed by atoms with E-state index in [0.29, 0.717) is 17.2 Å². The maximum atomic E-state index is 13.6. The van der Waals surface area contributed by atoms with Crippen molar-refractivity contribution in [2.45, 2.75) is 90.4 Å². The smallest absolute Gasteiger partial charge is 0.253 e. The number of aromatic hydroxyl groups is 1. The highest BCUT2D eigenvalue weighted by Gasteiger charge is 2.31. The molecule has 1 atom stereocenters. The number of phenolic OH excluding ortho intramolecular Hbond substituents is 1. The molecule has 2 N–H and O–H groups in total. The maximum Gasteiger partial charge on any atom is 0.253 e. The summed E-state index contributed by atoms with van der Waals surface area (Å²) in [7, 11) is 0. The average Bonchev–Trinajstić information content (AvgIpc) is 3.43. The van der Waals surface area contributed by atoms with E-state index in [1.165, 1.54) is 24.3 Å². The summed E-state index contributed by atoms with van der Waals surface area (Å²) in [5, 5.41) is 14.6. The molecule has 0 aliphatic carbocycles. The maximum absolute atomic E-state index is 13.6. The predicted octanol–water partition coefficient (Wildman–Crippen LogP) is 8.71. The van der Waals surface area contributed by atoms with Crippen molar-refractivity contribution in [1.29, 1.82) is 0 Å². The Kier molecular flexibility index (Phi) is 10.9. The van der Waals surface area contributed by atoms with Crippen LogP contribution in [0.3, 0.4) is 0 Å². The van der Waals surface area contributed by atoms with Crippen molar-refractivity contribution < 1.29 is 18.7 Å². The van der Waals surface area contributed by atoms with Gasteiger partial charge in [-0.25, -0.2) is 8.78 Å². The molecule has 3 aromatic rings. The minimum Gasteiger partial charge on any atom is -0.507 e. The first kappa shape index (κ1) is 33.6. The Labute approximate surface area is 262 Å². The van der Waals surface area contributed by atoms with Crippen LogP contribution in [0.1, 0.15) is 112 Å². The Morgan fingerprint density at radius 2 is 1.39 bits per heavy atom. The molecule has 1 amide bonds. The molecule has 1 heterocycles. The minimum atomic E-state index is -0.277. The average molecular weight is 605 g/mol. The van der Waals surface area contributed by atoms with Crippen molar-refractivity contribution in [3.63, 3.8) is 0 Å². The van der Waals surface area contributed by atoms with E-state index >= 15 is 0 Å². The minimum absolute atomic E-state index is 0.0420. The summed E-state index contributed by atoms with van der Waals surface area (Å²) in [6.07, 6.45) is 5.03. The van der Waals surface area contributed by atoms with Crippen LogP contribution >= 0.6 is 0 Å². The van der Waals surface area contributed by atoms with E-state index in [2.05, 4.69) is 46.9 Å². The molecular weight excluding hydrogens is 554 g/mol. The second-order valence-corrected chi connectivity index (χ2v) is 14.5. The summed E-state index contributed by atoms with van der Waals surface area (Å²) in [5.41, 5.74) is 3.83. The van der Waals surface area contributed by atoms with Crippen molar-refractivity contribution in [3.05, 3.63) is 100 Å². The lowest BCUT2D eigenvalue weighted by Crippen LogP contribution is -2.32. The molecule has 0 bridgehead atoms. The van der Waals surface area contributed by atoms with Crippen LogP contribution in [-0.4, -0.2) is 42.1 Å². The molecule has 44 heavy (non-hydrogen) atoms. The van der Waals surface area contributed by atoms with Gasteiger partial charge in [0, 0.05) is 35.7 Å². The molecule has 0 saturated carbocycles. The normalized spacial score (nSPS) is 15.8. The van der Waals surface area contributed by atoms with Crippen LogP contribution in [-0.2, 0) is 10.8 Å². The number of likely N-dealkylation sites (tertiary alicyclic amines) is 1. The predicted molar refractivity (Wildman–Crippen MR) is 175 cm³/mol. The van der Waals surface area contributed by atoms with E-state index < -0.39 is 0 Å². The third-order valence-corrected chi connectivity index (χ3v) is 8.87. The second kappa shape index (κ2) is 14.2. The first-order valence-corrected chi connectivity index (χ1v) is 16.1. The highest BCUT2D eigenvalue weighted by molar-refractivity contribution is 5.95. The zero-order valence-corrected chi connectivity index (χ0v) is 27.4. The van der Waals surface area contributed by atoms with Gasteiger partial charge in [0.25, 0.3) is 5.91 Å². The van der Waals surface area contributed by atoms with Crippen molar-refractivity contribution in [1.82, 2.24) is 10.2 Å². The lowest BCUT2D eigenvalue weighted by molar-refractivity contribution is 0.0786. The van der Waals surface area contributed by atoms with Crippen LogP contribution in [0, 0.1) is 17.6 Å². The van der Waals surface area contributed by atoms with E-state index in [9.17, 15) is 18.7 Å². The molecule has 0 spiro atoms. The van der Waals surface area contributed by atoms with Crippen LogP contribution < -0.4 is 5.32 Å². The highest BCUT2D eigenvalue weighted by atomic mass is 19.1. The molecule has 6 heteroatoms. The van der Waals surface area contributed by atoms with E-state index in [1.54, 1.807) is 0 Å². The molecule has 1 unspecified atom stereocenters. The van der Waals surface area contributed by atoms with Gasteiger partial charge in [-0.3, -0.25) is 4.79 Å².